The van der Waals surface area contributed by atoms with Crippen LogP contribution in [0.5, 0.6) is 0 Å². The normalized spacial score (nSPS) is 12.5. The van der Waals surface area contributed by atoms with E-state index in [9.17, 15) is 26.3 Å². The van der Waals surface area contributed by atoms with Crippen LogP contribution in [0.25, 0.3) is 21.7 Å². The lowest BCUT2D eigenvalue weighted by Gasteiger charge is -2.15. The zero-order valence-corrected chi connectivity index (χ0v) is 15.8. The van der Waals surface area contributed by atoms with Crippen LogP contribution < -0.4 is 4.72 Å². The number of benzene rings is 3. The molecular weight excluding hydrogens is 426 g/mol. The van der Waals surface area contributed by atoms with Gasteiger partial charge in [-0.05, 0) is 47.7 Å². The van der Waals surface area contributed by atoms with Gasteiger partial charge in [0.1, 0.15) is 0 Å². The Balaban J connectivity index is 1.75. The SMILES string of the molecule is FC(F)(F)c1cc(SNc2cccc3ccc4cccnc4c23)cc(C(F)(F)F)c1. The molecule has 1 aromatic heterocycles. The van der Waals surface area contributed by atoms with Crippen LogP contribution >= 0.6 is 11.9 Å². The van der Waals surface area contributed by atoms with Gasteiger partial charge < -0.3 is 4.72 Å². The molecule has 2 nitrogen and oxygen atoms in total. The van der Waals surface area contributed by atoms with Crippen molar-refractivity contribution in [3.05, 3.63) is 78.0 Å². The zero-order valence-electron chi connectivity index (χ0n) is 15.0. The topological polar surface area (TPSA) is 24.9 Å². The number of anilines is 1. The number of fused-ring (bicyclic) bond motifs is 3. The summed E-state index contributed by atoms with van der Waals surface area (Å²) in [5, 5.41) is 2.43. The number of halogens is 6. The molecule has 30 heavy (non-hydrogen) atoms. The van der Waals surface area contributed by atoms with Crippen molar-refractivity contribution < 1.29 is 26.3 Å². The van der Waals surface area contributed by atoms with Gasteiger partial charge in [0.15, 0.2) is 0 Å². The van der Waals surface area contributed by atoms with Crippen molar-refractivity contribution in [1.82, 2.24) is 4.98 Å². The molecule has 0 aliphatic rings. The first-order valence-corrected chi connectivity index (χ1v) is 9.43. The Morgan fingerprint density at radius 1 is 0.733 bits per heavy atom. The Morgan fingerprint density at radius 2 is 1.37 bits per heavy atom. The van der Waals surface area contributed by atoms with Crippen LogP contribution in [0, 0.1) is 0 Å². The maximum absolute atomic E-state index is 13.1. The van der Waals surface area contributed by atoms with Gasteiger partial charge in [0.25, 0.3) is 0 Å². The highest BCUT2D eigenvalue weighted by molar-refractivity contribution is 8.00. The number of alkyl halides is 6. The standard InChI is InChI=1S/C21H12F6N2S/c22-20(23,24)14-9-15(21(25,26)27)11-16(10-14)30-29-17-5-1-3-12-6-7-13-4-2-8-28-19(13)18(12)17/h1-11,29H. The van der Waals surface area contributed by atoms with Crippen molar-refractivity contribution in [2.75, 3.05) is 4.72 Å². The number of aromatic nitrogens is 1. The maximum Gasteiger partial charge on any atom is 0.416 e. The molecule has 0 saturated heterocycles. The fourth-order valence-corrected chi connectivity index (χ4v) is 3.87. The number of hydrogen-bond donors (Lipinski definition) is 1. The van der Waals surface area contributed by atoms with Gasteiger partial charge >= 0.3 is 12.4 Å². The third kappa shape index (κ3) is 4.02. The summed E-state index contributed by atoms with van der Waals surface area (Å²) in [6, 6.07) is 14.2. The maximum atomic E-state index is 13.1. The highest BCUT2D eigenvalue weighted by Crippen LogP contribution is 2.39. The first kappa shape index (κ1) is 20.3. The fourth-order valence-electron chi connectivity index (χ4n) is 3.10. The lowest BCUT2D eigenvalue weighted by Crippen LogP contribution is -2.11. The molecule has 0 atom stereocenters. The average molecular weight is 438 g/mol. The predicted molar refractivity (Wildman–Crippen MR) is 105 cm³/mol. The van der Waals surface area contributed by atoms with Crippen LogP contribution in [-0.2, 0) is 12.4 Å². The smallest absolute Gasteiger partial charge is 0.325 e. The summed E-state index contributed by atoms with van der Waals surface area (Å²) in [5.74, 6) is 0. The third-order valence-electron chi connectivity index (χ3n) is 4.45. The first-order chi connectivity index (χ1) is 14.1. The van der Waals surface area contributed by atoms with E-state index in [0.29, 0.717) is 35.3 Å². The van der Waals surface area contributed by atoms with Gasteiger partial charge in [0.2, 0.25) is 0 Å². The summed E-state index contributed by atoms with van der Waals surface area (Å²) in [6.45, 7) is 0. The molecule has 0 radical (unpaired) electrons. The first-order valence-electron chi connectivity index (χ1n) is 8.62. The van der Waals surface area contributed by atoms with Crippen molar-refractivity contribution in [3.8, 4) is 0 Å². The molecule has 0 spiro atoms. The second-order valence-electron chi connectivity index (χ2n) is 6.49. The minimum absolute atomic E-state index is 0.111. The van der Waals surface area contributed by atoms with Gasteiger partial charge in [-0.3, -0.25) is 4.98 Å². The van der Waals surface area contributed by atoms with Crippen molar-refractivity contribution >= 4 is 39.3 Å². The molecule has 4 rings (SSSR count). The van der Waals surface area contributed by atoms with Gasteiger partial charge in [-0.2, -0.15) is 26.3 Å². The molecule has 0 fully saturated rings. The number of hydrogen-bond acceptors (Lipinski definition) is 3. The van der Waals surface area contributed by atoms with E-state index >= 15 is 0 Å². The lowest BCUT2D eigenvalue weighted by molar-refractivity contribution is -0.143. The van der Waals surface area contributed by atoms with Crippen molar-refractivity contribution in [3.63, 3.8) is 0 Å². The van der Waals surface area contributed by atoms with Crippen LogP contribution in [0.15, 0.2) is 71.8 Å². The summed E-state index contributed by atoms with van der Waals surface area (Å²) >= 11 is 0.680. The summed E-state index contributed by atoms with van der Waals surface area (Å²) in [6.07, 6.45) is -8.17. The summed E-state index contributed by atoms with van der Waals surface area (Å²) in [5.41, 5.74) is -1.50. The molecular formula is C21H12F6N2S. The molecule has 0 aliphatic heterocycles. The van der Waals surface area contributed by atoms with Crippen molar-refractivity contribution in [2.24, 2.45) is 0 Å². The Labute approximate surface area is 171 Å². The molecule has 4 aromatic rings. The summed E-state index contributed by atoms with van der Waals surface area (Å²) in [7, 11) is 0. The van der Waals surface area contributed by atoms with Gasteiger partial charge in [-0.15, -0.1) is 0 Å². The monoisotopic (exact) mass is 438 g/mol. The molecule has 3 aromatic carbocycles. The lowest BCUT2D eigenvalue weighted by atomic mass is 10.0. The highest BCUT2D eigenvalue weighted by atomic mass is 32.2. The molecule has 1 heterocycles. The largest absolute Gasteiger partial charge is 0.416 e. The molecule has 0 saturated carbocycles. The number of nitrogens with one attached hydrogen (secondary N) is 1. The predicted octanol–water partition coefficient (Wildman–Crippen LogP) is 7.54. The fraction of sp³-hybridized carbons (Fsp3) is 0.0952. The van der Waals surface area contributed by atoms with E-state index in [1.54, 1.807) is 24.4 Å². The Bertz CT molecular complexity index is 1200. The van der Waals surface area contributed by atoms with E-state index < -0.39 is 23.5 Å². The summed E-state index contributed by atoms with van der Waals surface area (Å²) < 4.78 is 81.4. The van der Waals surface area contributed by atoms with Crippen molar-refractivity contribution in [2.45, 2.75) is 17.2 Å². The minimum Gasteiger partial charge on any atom is -0.325 e. The number of nitrogens with zero attached hydrogens (tertiary/aromatic N) is 1. The van der Waals surface area contributed by atoms with E-state index in [2.05, 4.69) is 9.71 Å². The third-order valence-corrected chi connectivity index (χ3v) is 5.25. The van der Waals surface area contributed by atoms with Gasteiger partial charge in [0, 0.05) is 21.9 Å². The van der Waals surface area contributed by atoms with E-state index in [0.717, 1.165) is 16.2 Å². The van der Waals surface area contributed by atoms with Crippen LogP contribution in [0.1, 0.15) is 11.1 Å². The number of rotatable bonds is 3. The van der Waals surface area contributed by atoms with Crippen LogP contribution in [0.3, 0.4) is 0 Å². The van der Waals surface area contributed by atoms with Gasteiger partial charge in [-0.1, -0.05) is 30.3 Å². The van der Waals surface area contributed by atoms with Crippen LogP contribution in [0.2, 0.25) is 0 Å². The van der Waals surface area contributed by atoms with E-state index in [1.807, 2.05) is 24.3 Å². The van der Waals surface area contributed by atoms with Gasteiger partial charge in [0.05, 0.1) is 22.3 Å². The Morgan fingerprint density at radius 3 is 2.03 bits per heavy atom. The second kappa shape index (κ2) is 7.39. The zero-order chi connectivity index (χ0) is 21.5. The average Bonchev–Trinajstić information content (AvgIpc) is 2.70. The molecule has 0 aliphatic carbocycles. The van der Waals surface area contributed by atoms with E-state index in [1.165, 1.54) is 0 Å². The van der Waals surface area contributed by atoms with E-state index in [4.69, 9.17) is 0 Å². The highest BCUT2D eigenvalue weighted by Gasteiger charge is 2.37. The second-order valence-corrected chi connectivity index (χ2v) is 7.37. The number of pyridine rings is 1. The Hall–Kier alpha value is -2.94. The minimum atomic E-state index is -4.89. The molecule has 0 bridgehead atoms. The van der Waals surface area contributed by atoms with Crippen molar-refractivity contribution in [1.29, 1.82) is 0 Å². The molecule has 0 amide bonds. The van der Waals surface area contributed by atoms with Gasteiger partial charge in [-0.25, -0.2) is 0 Å². The molecule has 1 N–H and O–H groups in total. The van der Waals surface area contributed by atoms with Crippen LogP contribution in [-0.4, -0.2) is 4.98 Å². The Kier molecular flexibility index (Phi) is 5.01. The molecule has 154 valence electrons. The quantitative estimate of drug-likeness (QED) is 0.203. The molecule has 0 unspecified atom stereocenters. The molecule has 9 heteroatoms. The van der Waals surface area contributed by atoms with E-state index in [-0.39, 0.29) is 11.0 Å². The van der Waals surface area contributed by atoms with Crippen LogP contribution in [0.4, 0.5) is 32.0 Å². The summed E-state index contributed by atoms with van der Waals surface area (Å²) in [4.78, 5) is 4.16.